The predicted molar refractivity (Wildman–Crippen MR) is 210 cm³/mol. The summed E-state index contributed by atoms with van der Waals surface area (Å²) in [5.41, 5.74) is 0.621. The summed E-state index contributed by atoms with van der Waals surface area (Å²) >= 11 is 0. The van der Waals surface area contributed by atoms with Gasteiger partial charge < -0.3 is 15.1 Å². The monoisotopic (exact) mass is 822 g/mol. The average molecular weight is 823 g/mol. The lowest BCUT2D eigenvalue weighted by atomic mass is 9.85. The zero-order valence-corrected chi connectivity index (χ0v) is 33.1. The lowest BCUT2D eigenvalue weighted by Gasteiger charge is -2.44. The first kappa shape index (κ1) is 40.0. The Bertz CT molecular complexity index is 2480. The Hall–Kier alpha value is -5.79. The molecule has 4 aromatic heterocycles. The minimum absolute atomic E-state index is 0.0883. The normalized spacial score (nSPS) is 22.4. The molecule has 59 heavy (non-hydrogen) atoms. The summed E-state index contributed by atoms with van der Waals surface area (Å²) in [7, 11) is 6.87. The number of hydrogen-bond acceptors (Lipinski definition) is 10. The van der Waals surface area contributed by atoms with Crippen LogP contribution in [-0.4, -0.2) is 109 Å². The number of fused-ring (bicyclic) bond motifs is 2. The van der Waals surface area contributed by atoms with E-state index < -0.39 is 60.1 Å². The number of alkyl halides is 4. The van der Waals surface area contributed by atoms with Crippen LogP contribution in [0.2, 0.25) is 0 Å². The Kier molecular flexibility index (Phi) is 10.5. The summed E-state index contributed by atoms with van der Waals surface area (Å²) in [5, 5.41) is 13.2. The maximum absolute atomic E-state index is 16.1. The van der Waals surface area contributed by atoms with Crippen molar-refractivity contribution in [1.29, 1.82) is 0 Å². The molecular weight excluding hydrogens is 777 g/mol. The molecule has 1 aromatic carbocycles. The zero-order chi connectivity index (χ0) is 41.9. The third-order valence-corrected chi connectivity index (χ3v) is 12.0. The van der Waals surface area contributed by atoms with Gasteiger partial charge in [0.05, 0.1) is 47.2 Å². The van der Waals surface area contributed by atoms with Gasteiger partial charge in [0, 0.05) is 53.0 Å². The molecule has 0 radical (unpaired) electrons. The fourth-order valence-electron chi connectivity index (χ4n) is 9.01. The molecule has 1 saturated carbocycles. The summed E-state index contributed by atoms with van der Waals surface area (Å²) < 4.78 is 66.2. The van der Waals surface area contributed by atoms with E-state index in [9.17, 15) is 28.0 Å². The second-order valence-electron chi connectivity index (χ2n) is 16.1. The molecule has 20 heteroatoms. The van der Waals surface area contributed by atoms with Gasteiger partial charge in [-0.25, -0.2) is 31.9 Å². The van der Waals surface area contributed by atoms with Crippen LogP contribution in [0.5, 0.6) is 0 Å². The Morgan fingerprint density at radius 2 is 1.81 bits per heavy atom. The van der Waals surface area contributed by atoms with Crippen molar-refractivity contribution in [2.24, 2.45) is 13.0 Å². The highest BCUT2D eigenvalue weighted by Crippen LogP contribution is 2.39. The van der Waals surface area contributed by atoms with Crippen LogP contribution in [0.4, 0.5) is 34.8 Å². The lowest BCUT2D eigenvalue weighted by molar-refractivity contribution is -0.135. The molecule has 5 aromatic rings. The Labute approximate surface area is 335 Å². The number of hydrogen-bond donors (Lipinski definition) is 2. The topological polar surface area (TPSA) is 160 Å². The highest BCUT2D eigenvalue weighted by molar-refractivity contribution is 6.08. The van der Waals surface area contributed by atoms with E-state index in [2.05, 4.69) is 25.8 Å². The van der Waals surface area contributed by atoms with E-state index in [-0.39, 0.29) is 48.1 Å². The van der Waals surface area contributed by atoms with Crippen molar-refractivity contribution in [2.75, 3.05) is 55.9 Å². The number of para-hydroxylation sites is 1. The fraction of sp³-hybridized carbons (Fsp3) is 0.513. The number of rotatable bonds is 10. The third-order valence-electron chi connectivity index (χ3n) is 12.0. The molecule has 3 aliphatic rings. The average Bonchev–Trinajstić information content (AvgIpc) is 3.89. The van der Waals surface area contributed by atoms with Crippen LogP contribution in [0.3, 0.4) is 0 Å². The fourth-order valence-corrected chi connectivity index (χ4v) is 9.01. The van der Waals surface area contributed by atoms with Crippen LogP contribution < -0.4 is 26.1 Å². The molecule has 0 bridgehead atoms. The van der Waals surface area contributed by atoms with E-state index in [1.165, 1.54) is 30.7 Å². The van der Waals surface area contributed by atoms with Gasteiger partial charge in [-0.15, -0.1) is 0 Å². The van der Waals surface area contributed by atoms with Crippen molar-refractivity contribution in [3.05, 3.63) is 64.6 Å². The molecular formula is C39H46F4N12O4. The number of nitrogens with zero attached hydrogens (tertiary/aromatic N) is 10. The molecule has 8 rings (SSSR count). The van der Waals surface area contributed by atoms with Crippen molar-refractivity contribution in [2.45, 2.75) is 75.4 Å². The number of aryl methyl sites for hydroxylation is 1. The van der Waals surface area contributed by atoms with Gasteiger partial charge in [-0.05, 0) is 69.7 Å². The van der Waals surface area contributed by atoms with Crippen LogP contribution in [0.1, 0.15) is 79.5 Å². The van der Waals surface area contributed by atoms with Gasteiger partial charge in [0.25, 0.3) is 18.3 Å². The minimum atomic E-state index is -3.10. The SMILES string of the molecule is CN(C)c1ccn2ncc(C(=O)Nc3cn([C@H]4CC[C@H](CN(C)C5CCN(c6cccc7c6n(C)c(=O)n7C6CCC(=O)NC6=O)CC5(F)F)CC4)nc3C(F)F)c2n1. The largest absolute Gasteiger partial charge is 0.364 e. The van der Waals surface area contributed by atoms with Crippen molar-refractivity contribution >= 4 is 51.6 Å². The third kappa shape index (κ3) is 7.42. The van der Waals surface area contributed by atoms with Gasteiger partial charge in [-0.1, -0.05) is 6.07 Å². The van der Waals surface area contributed by atoms with E-state index in [1.54, 1.807) is 73.4 Å². The summed E-state index contributed by atoms with van der Waals surface area (Å²) in [5.74, 6) is -4.03. The second kappa shape index (κ2) is 15.4. The van der Waals surface area contributed by atoms with Crippen molar-refractivity contribution in [3.63, 3.8) is 0 Å². The predicted octanol–water partition coefficient (Wildman–Crippen LogP) is 4.39. The first-order chi connectivity index (χ1) is 28.1. The van der Waals surface area contributed by atoms with Gasteiger partial charge in [0.15, 0.2) is 11.3 Å². The van der Waals surface area contributed by atoms with Gasteiger partial charge in [0.1, 0.15) is 17.4 Å². The van der Waals surface area contributed by atoms with E-state index in [1.807, 2.05) is 0 Å². The molecule has 2 unspecified atom stereocenters. The van der Waals surface area contributed by atoms with Crippen LogP contribution in [0, 0.1) is 5.92 Å². The number of halogens is 4. The van der Waals surface area contributed by atoms with Crippen molar-refractivity contribution in [1.82, 2.24) is 43.7 Å². The highest BCUT2D eigenvalue weighted by atomic mass is 19.3. The molecule has 2 saturated heterocycles. The van der Waals surface area contributed by atoms with Crippen LogP contribution in [-0.2, 0) is 16.6 Å². The molecule has 0 spiro atoms. The lowest BCUT2D eigenvalue weighted by Crippen LogP contribution is -2.58. The standard InChI is InChI=1S/C39H46F4N12O4/c1-49(2)30-15-17-53-35(46-30)24(18-44-53)36(57)45-25-20-54(48-32(25)34(40)41)23-10-8-22(9-11-23)19-50(3)29-14-16-52(21-39(29,42)43)26-6-5-7-27-33(26)51(4)38(59)55(27)28-12-13-31(56)47-37(28)58/h5-7,15,17-18,20,22-23,28-29,34H,8-14,16,19,21H2,1-4H3,(H,45,57)(H,47,56,58)/t22-,23-,28?,29?. The quantitative estimate of drug-likeness (QED) is 0.153. The first-order valence-corrected chi connectivity index (χ1v) is 19.7. The zero-order valence-electron chi connectivity index (χ0n) is 33.1. The number of imide groups is 1. The highest BCUT2D eigenvalue weighted by Gasteiger charge is 2.47. The summed E-state index contributed by atoms with van der Waals surface area (Å²) in [6, 6.07) is 4.67. The number of imidazole rings is 1. The number of carbonyl (C=O) groups is 3. The van der Waals surface area contributed by atoms with Gasteiger partial charge >= 0.3 is 5.69 Å². The number of anilines is 3. The van der Waals surface area contributed by atoms with E-state index >= 15 is 8.78 Å². The molecule has 3 fully saturated rings. The number of amides is 3. The van der Waals surface area contributed by atoms with E-state index in [0.717, 1.165) is 0 Å². The molecule has 2 atom stereocenters. The van der Waals surface area contributed by atoms with E-state index in [0.29, 0.717) is 61.3 Å². The molecule has 1 aliphatic carbocycles. The van der Waals surface area contributed by atoms with Crippen LogP contribution >= 0.6 is 0 Å². The smallest absolute Gasteiger partial charge is 0.329 e. The second-order valence-corrected chi connectivity index (χ2v) is 16.1. The van der Waals surface area contributed by atoms with Crippen LogP contribution in [0.15, 0.2) is 47.7 Å². The summed E-state index contributed by atoms with van der Waals surface area (Å²) in [6.07, 6.45) is 4.43. The van der Waals surface area contributed by atoms with Crippen molar-refractivity contribution in [3.8, 4) is 0 Å². The van der Waals surface area contributed by atoms with Gasteiger partial charge in [-0.3, -0.25) is 38.4 Å². The molecule has 6 heterocycles. The maximum atomic E-state index is 16.1. The molecule has 2 N–H and O–H groups in total. The first-order valence-electron chi connectivity index (χ1n) is 19.7. The summed E-state index contributed by atoms with van der Waals surface area (Å²) in [6.45, 7) is 0.170. The Balaban J connectivity index is 0.901. The summed E-state index contributed by atoms with van der Waals surface area (Å²) in [4.78, 5) is 60.7. The molecule has 2 aliphatic heterocycles. The Morgan fingerprint density at radius 1 is 1.05 bits per heavy atom. The molecule has 314 valence electrons. The van der Waals surface area contributed by atoms with Crippen LogP contribution in [0.25, 0.3) is 16.7 Å². The number of aromatic nitrogens is 7. The molecule has 16 nitrogen and oxygen atoms in total. The minimum Gasteiger partial charge on any atom is -0.364 e. The van der Waals surface area contributed by atoms with Gasteiger partial charge in [0.2, 0.25) is 11.8 Å². The number of benzene rings is 1. The number of carbonyl (C=O) groups excluding carboxylic acids is 3. The number of piperidine rings is 2. The van der Waals surface area contributed by atoms with Gasteiger partial charge in [-0.2, -0.15) is 10.2 Å². The van der Waals surface area contributed by atoms with E-state index in [4.69, 9.17) is 0 Å². The Morgan fingerprint density at radius 3 is 2.51 bits per heavy atom. The number of nitrogens with one attached hydrogen (secondary N) is 2. The maximum Gasteiger partial charge on any atom is 0.329 e. The molecule has 3 amide bonds. The van der Waals surface area contributed by atoms with Crippen molar-refractivity contribution < 1.29 is 31.9 Å².